The molecular weight excluding hydrogens is 282 g/mol. The van der Waals surface area contributed by atoms with Crippen LogP contribution >= 0.6 is 0 Å². The summed E-state index contributed by atoms with van der Waals surface area (Å²) < 4.78 is 5.25. The van der Waals surface area contributed by atoms with Gasteiger partial charge in [-0.3, -0.25) is 9.59 Å². The van der Waals surface area contributed by atoms with E-state index in [1.54, 1.807) is 29.2 Å². The minimum absolute atomic E-state index is 0.0467. The number of hydrogen-bond donors (Lipinski definition) is 2. The number of aromatic nitrogens is 1. The lowest BCUT2D eigenvalue weighted by molar-refractivity contribution is 0.0601. The lowest BCUT2D eigenvalue weighted by Gasteiger charge is -2.38. The summed E-state index contributed by atoms with van der Waals surface area (Å²) in [5.41, 5.74) is 0.335. The highest BCUT2D eigenvalue weighted by atomic mass is 16.3. The molecule has 6 heteroatoms. The topological polar surface area (TPSA) is 78.3 Å². The van der Waals surface area contributed by atoms with E-state index in [2.05, 4.69) is 10.3 Å². The number of carbonyl (C=O) groups excluding carboxylic acids is 1. The Hall–Kier alpha value is -2.34. The fraction of sp³-hybridized carbons (Fsp3) is 0.375. The van der Waals surface area contributed by atoms with Crippen LogP contribution in [0.25, 0.3) is 11.5 Å². The summed E-state index contributed by atoms with van der Waals surface area (Å²) in [5.74, 6) is 0.341. The first-order chi connectivity index (χ1) is 10.6. The van der Waals surface area contributed by atoms with Crippen LogP contribution in [0, 0.1) is 0 Å². The number of carbonyl (C=O) groups is 1. The van der Waals surface area contributed by atoms with Gasteiger partial charge in [0, 0.05) is 25.2 Å². The fourth-order valence-corrected chi connectivity index (χ4v) is 2.72. The SMILES string of the molecule is CC1NCCN(C(=O)c2ccc(-c3ccco3)[nH]c2=O)C1C. The number of rotatable bonds is 2. The Morgan fingerprint density at radius 3 is 2.82 bits per heavy atom. The minimum atomic E-state index is -0.391. The Kier molecular flexibility index (Phi) is 3.85. The first kappa shape index (κ1) is 14.6. The molecule has 1 aliphatic rings. The summed E-state index contributed by atoms with van der Waals surface area (Å²) in [6.45, 7) is 5.36. The zero-order valence-electron chi connectivity index (χ0n) is 12.6. The van der Waals surface area contributed by atoms with Gasteiger partial charge in [-0.1, -0.05) is 0 Å². The van der Waals surface area contributed by atoms with Crippen LogP contribution in [0.1, 0.15) is 24.2 Å². The van der Waals surface area contributed by atoms with Crippen molar-refractivity contribution in [2.75, 3.05) is 13.1 Å². The number of piperazine rings is 1. The number of nitrogens with zero attached hydrogens (tertiary/aromatic N) is 1. The van der Waals surface area contributed by atoms with Crippen LogP contribution in [0.2, 0.25) is 0 Å². The number of pyridine rings is 1. The summed E-state index contributed by atoms with van der Waals surface area (Å²) >= 11 is 0. The lowest BCUT2D eigenvalue weighted by atomic mass is 10.1. The van der Waals surface area contributed by atoms with Crippen LogP contribution in [0.5, 0.6) is 0 Å². The average Bonchev–Trinajstić information content (AvgIpc) is 3.03. The summed E-state index contributed by atoms with van der Waals surface area (Å²) in [4.78, 5) is 29.3. The number of aromatic amines is 1. The molecule has 0 spiro atoms. The van der Waals surface area contributed by atoms with Crippen molar-refractivity contribution in [3.63, 3.8) is 0 Å². The van der Waals surface area contributed by atoms with Crippen molar-refractivity contribution >= 4 is 5.91 Å². The molecule has 2 aromatic heterocycles. The summed E-state index contributed by atoms with van der Waals surface area (Å²) in [5, 5.41) is 3.32. The van der Waals surface area contributed by atoms with Gasteiger partial charge >= 0.3 is 0 Å². The molecule has 2 atom stereocenters. The standard InChI is InChI=1S/C16H19N3O3/c1-10-11(2)19(8-7-17-10)16(21)12-5-6-13(18-15(12)20)14-4-3-9-22-14/h3-6,9-11,17H,7-8H2,1-2H3,(H,18,20). The second-order valence-electron chi connectivity index (χ2n) is 5.57. The molecule has 6 nitrogen and oxygen atoms in total. The lowest BCUT2D eigenvalue weighted by Crippen LogP contribution is -2.57. The number of nitrogens with one attached hydrogen (secondary N) is 2. The van der Waals surface area contributed by atoms with Crippen LogP contribution in [0.4, 0.5) is 0 Å². The summed E-state index contributed by atoms with van der Waals surface area (Å²) in [6.07, 6.45) is 1.54. The van der Waals surface area contributed by atoms with Crippen molar-refractivity contribution in [2.45, 2.75) is 25.9 Å². The monoisotopic (exact) mass is 301 g/mol. The van der Waals surface area contributed by atoms with Crippen LogP contribution in [-0.2, 0) is 0 Å². The van der Waals surface area contributed by atoms with Crippen LogP contribution < -0.4 is 10.9 Å². The predicted molar refractivity (Wildman–Crippen MR) is 82.7 cm³/mol. The largest absolute Gasteiger partial charge is 0.463 e. The molecule has 1 aliphatic heterocycles. The number of H-pyrrole nitrogens is 1. The highest BCUT2D eigenvalue weighted by molar-refractivity contribution is 5.94. The molecule has 2 aromatic rings. The molecule has 2 unspecified atom stereocenters. The maximum absolute atomic E-state index is 12.6. The average molecular weight is 301 g/mol. The van der Waals surface area contributed by atoms with Gasteiger partial charge in [0.15, 0.2) is 0 Å². The highest BCUT2D eigenvalue weighted by Crippen LogP contribution is 2.17. The van der Waals surface area contributed by atoms with Gasteiger partial charge in [-0.2, -0.15) is 0 Å². The van der Waals surface area contributed by atoms with Crippen molar-refractivity contribution in [1.82, 2.24) is 15.2 Å². The minimum Gasteiger partial charge on any atom is -0.463 e. The van der Waals surface area contributed by atoms with Gasteiger partial charge in [0.2, 0.25) is 0 Å². The van der Waals surface area contributed by atoms with Gasteiger partial charge in [0.1, 0.15) is 11.3 Å². The zero-order chi connectivity index (χ0) is 15.7. The molecule has 3 heterocycles. The van der Waals surface area contributed by atoms with Crippen LogP contribution in [0.15, 0.2) is 39.7 Å². The molecule has 0 radical (unpaired) electrons. The van der Waals surface area contributed by atoms with E-state index in [4.69, 9.17) is 4.42 Å². The van der Waals surface area contributed by atoms with Crippen LogP contribution in [0.3, 0.4) is 0 Å². The Balaban J connectivity index is 1.89. The quantitative estimate of drug-likeness (QED) is 0.880. The van der Waals surface area contributed by atoms with Crippen molar-refractivity contribution in [3.05, 3.63) is 46.4 Å². The number of furan rings is 1. The second kappa shape index (κ2) is 5.81. The Bertz CT molecular complexity index is 720. The van der Waals surface area contributed by atoms with E-state index in [0.29, 0.717) is 18.0 Å². The molecule has 3 rings (SSSR count). The molecule has 0 aliphatic carbocycles. The summed E-state index contributed by atoms with van der Waals surface area (Å²) in [7, 11) is 0. The smallest absolute Gasteiger partial charge is 0.261 e. The van der Waals surface area contributed by atoms with E-state index in [9.17, 15) is 9.59 Å². The van der Waals surface area contributed by atoms with E-state index < -0.39 is 5.56 Å². The zero-order valence-corrected chi connectivity index (χ0v) is 12.6. The second-order valence-corrected chi connectivity index (χ2v) is 5.57. The molecule has 1 amide bonds. The van der Waals surface area contributed by atoms with Crippen molar-refractivity contribution in [3.8, 4) is 11.5 Å². The van der Waals surface area contributed by atoms with Crippen molar-refractivity contribution < 1.29 is 9.21 Å². The Morgan fingerprint density at radius 1 is 1.32 bits per heavy atom. The van der Waals surface area contributed by atoms with E-state index in [1.807, 2.05) is 13.8 Å². The van der Waals surface area contributed by atoms with Gasteiger partial charge in [0.05, 0.1) is 12.0 Å². The third-order valence-corrected chi connectivity index (χ3v) is 4.22. The van der Waals surface area contributed by atoms with Gasteiger partial charge in [-0.15, -0.1) is 0 Å². The molecule has 1 fully saturated rings. The number of amides is 1. The highest BCUT2D eigenvalue weighted by Gasteiger charge is 2.29. The molecule has 116 valence electrons. The van der Waals surface area contributed by atoms with Gasteiger partial charge < -0.3 is 19.6 Å². The molecule has 0 bridgehead atoms. The molecule has 1 saturated heterocycles. The van der Waals surface area contributed by atoms with E-state index in [0.717, 1.165) is 6.54 Å². The van der Waals surface area contributed by atoms with Gasteiger partial charge in [-0.25, -0.2) is 0 Å². The van der Waals surface area contributed by atoms with E-state index in [-0.39, 0.29) is 23.6 Å². The molecule has 0 aromatic carbocycles. The van der Waals surface area contributed by atoms with E-state index >= 15 is 0 Å². The Morgan fingerprint density at radius 2 is 2.14 bits per heavy atom. The first-order valence-corrected chi connectivity index (χ1v) is 7.39. The normalized spacial score (nSPS) is 21.8. The third-order valence-electron chi connectivity index (χ3n) is 4.22. The maximum Gasteiger partial charge on any atom is 0.261 e. The maximum atomic E-state index is 12.6. The van der Waals surface area contributed by atoms with Gasteiger partial charge in [0.25, 0.3) is 11.5 Å². The fourth-order valence-electron chi connectivity index (χ4n) is 2.72. The molecule has 0 saturated carbocycles. The third kappa shape index (κ3) is 2.57. The van der Waals surface area contributed by atoms with Crippen molar-refractivity contribution in [1.29, 1.82) is 0 Å². The van der Waals surface area contributed by atoms with E-state index in [1.165, 1.54) is 6.26 Å². The van der Waals surface area contributed by atoms with Crippen LogP contribution in [-0.4, -0.2) is 41.0 Å². The number of hydrogen-bond acceptors (Lipinski definition) is 4. The predicted octanol–water partition coefficient (Wildman–Crippen LogP) is 1.46. The summed E-state index contributed by atoms with van der Waals surface area (Å²) in [6, 6.07) is 7.02. The molecule has 22 heavy (non-hydrogen) atoms. The first-order valence-electron chi connectivity index (χ1n) is 7.39. The van der Waals surface area contributed by atoms with Crippen molar-refractivity contribution in [2.24, 2.45) is 0 Å². The Labute approximate surface area is 128 Å². The van der Waals surface area contributed by atoms with Gasteiger partial charge in [-0.05, 0) is 38.1 Å². The molecular formula is C16H19N3O3. The molecule has 2 N–H and O–H groups in total.